The third-order valence-corrected chi connectivity index (χ3v) is 4.87. The van der Waals surface area contributed by atoms with E-state index in [1.807, 2.05) is 24.6 Å². The van der Waals surface area contributed by atoms with E-state index in [0.29, 0.717) is 12.6 Å². The summed E-state index contributed by atoms with van der Waals surface area (Å²) in [6.45, 7) is 3.32. The Morgan fingerprint density at radius 1 is 1.24 bits per heavy atom. The quantitative estimate of drug-likeness (QED) is 0.671. The lowest BCUT2D eigenvalue weighted by atomic mass is 10.2. The van der Waals surface area contributed by atoms with Gasteiger partial charge in [0, 0.05) is 26.7 Å². The maximum Gasteiger partial charge on any atom is 0.194 e. The van der Waals surface area contributed by atoms with E-state index in [9.17, 15) is 0 Å². The molecule has 6 nitrogen and oxygen atoms in total. The van der Waals surface area contributed by atoms with E-state index >= 15 is 0 Å². The van der Waals surface area contributed by atoms with Gasteiger partial charge in [-0.25, -0.2) is 4.99 Å². The third-order valence-electron chi connectivity index (χ3n) is 4.87. The molecule has 0 bridgehead atoms. The molecule has 1 saturated carbocycles. The van der Waals surface area contributed by atoms with Gasteiger partial charge in [0.15, 0.2) is 11.8 Å². The number of benzene rings is 1. The maximum atomic E-state index is 4.84. The minimum absolute atomic E-state index is 0.526. The van der Waals surface area contributed by atoms with Crippen LogP contribution < -0.4 is 5.32 Å². The molecule has 3 rings (SSSR count). The van der Waals surface area contributed by atoms with Gasteiger partial charge >= 0.3 is 0 Å². The molecule has 0 amide bonds. The Morgan fingerprint density at radius 3 is 2.60 bits per heavy atom. The number of aryl methyl sites for hydroxylation is 1. The van der Waals surface area contributed by atoms with Gasteiger partial charge in [-0.1, -0.05) is 43.2 Å². The zero-order valence-corrected chi connectivity index (χ0v) is 15.4. The van der Waals surface area contributed by atoms with Crippen LogP contribution in [0.1, 0.15) is 42.9 Å². The Balaban J connectivity index is 1.73. The number of hydrogen-bond acceptors (Lipinski definition) is 3. The fourth-order valence-electron chi connectivity index (χ4n) is 3.20. The van der Waals surface area contributed by atoms with Crippen molar-refractivity contribution in [2.75, 3.05) is 7.05 Å². The van der Waals surface area contributed by atoms with E-state index in [0.717, 1.165) is 24.2 Å². The monoisotopic (exact) mass is 340 g/mol. The van der Waals surface area contributed by atoms with Gasteiger partial charge in [-0.2, -0.15) is 0 Å². The van der Waals surface area contributed by atoms with Gasteiger partial charge in [-0.3, -0.25) is 0 Å². The number of guanidine groups is 1. The predicted octanol–water partition coefficient (Wildman–Crippen LogP) is 2.64. The predicted molar refractivity (Wildman–Crippen MR) is 100 cm³/mol. The molecule has 0 radical (unpaired) electrons. The molecule has 1 aromatic carbocycles. The lowest BCUT2D eigenvalue weighted by molar-refractivity contribution is 0.456. The SMILES string of the molecule is Cc1nnc(CN=C(NC2CCCC2)N(C)Cc2ccccc2)n1C. The van der Waals surface area contributed by atoms with E-state index < -0.39 is 0 Å². The molecule has 1 heterocycles. The average Bonchev–Trinajstić information content (AvgIpc) is 3.24. The van der Waals surface area contributed by atoms with Crippen molar-refractivity contribution in [3.63, 3.8) is 0 Å². The Morgan fingerprint density at radius 2 is 1.96 bits per heavy atom. The van der Waals surface area contributed by atoms with Gasteiger partial charge < -0.3 is 14.8 Å². The van der Waals surface area contributed by atoms with E-state index in [1.54, 1.807) is 0 Å². The molecule has 0 atom stereocenters. The van der Waals surface area contributed by atoms with Gasteiger partial charge in [0.1, 0.15) is 12.4 Å². The zero-order chi connectivity index (χ0) is 17.6. The van der Waals surface area contributed by atoms with Gasteiger partial charge in [-0.15, -0.1) is 10.2 Å². The van der Waals surface area contributed by atoms with Crippen molar-refractivity contribution < 1.29 is 0 Å². The molecule has 1 aromatic heterocycles. The third kappa shape index (κ3) is 4.59. The van der Waals surface area contributed by atoms with Crippen LogP contribution in [0.3, 0.4) is 0 Å². The van der Waals surface area contributed by atoms with Crippen LogP contribution >= 0.6 is 0 Å². The highest BCUT2D eigenvalue weighted by Gasteiger charge is 2.18. The summed E-state index contributed by atoms with van der Waals surface area (Å²) in [6, 6.07) is 11.0. The van der Waals surface area contributed by atoms with E-state index in [4.69, 9.17) is 4.99 Å². The summed E-state index contributed by atoms with van der Waals surface area (Å²) in [5.41, 5.74) is 1.28. The lowest BCUT2D eigenvalue weighted by Gasteiger charge is -2.25. The molecule has 1 aliphatic carbocycles. The Labute approximate surface area is 150 Å². The van der Waals surface area contributed by atoms with Gasteiger partial charge in [0.2, 0.25) is 0 Å². The number of nitrogens with one attached hydrogen (secondary N) is 1. The van der Waals surface area contributed by atoms with Crippen LogP contribution in [-0.2, 0) is 20.1 Å². The first-order valence-electron chi connectivity index (χ1n) is 9.04. The number of aliphatic imine (C=N–C) groups is 1. The van der Waals surface area contributed by atoms with Crippen LogP contribution in [0.15, 0.2) is 35.3 Å². The number of nitrogens with zero attached hydrogens (tertiary/aromatic N) is 5. The molecule has 134 valence electrons. The summed E-state index contributed by atoms with van der Waals surface area (Å²) < 4.78 is 1.99. The second kappa shape index (κ2) is 8.14. The van der Waals surface area contributed by atoms with Crippen molar-refractivity contribution in [1.82, 2.24) is 25.0 Å². The Kier molecular flexibility index (Phi) is 5.68. The van der Waals surface area contributed by atoms with Crippen molar-refractivity contribution >= 4 is 5.96 Å². The van der Waals surface area contributed by atoms with Crippen LogP contribution in [0.25, 0.3) is 0 Å². The first-order valence-corrected chi connectivity index (χ1v) is 9.04. The van der Waals surface area contributed by atoms with Crippen LogP contribution in [-0.4, -0.2) is 38.7 Å². The number of aromatic nitrogens is 3. The van der Waals surface area contributed by atoms with Gasteiger partial charge in [-0.05, 0) is 25.3 Å². The molecule has 1 N–H and O–H groups in total. The minimum atomic E-state index is 0.526. The topological polar surface area (TPSA) is 58.3 Å². The zero-order valence-electron chi connectivity index (χ0n) is 15.4. The molecule has 0 saturated heterocycles. The van der Waals surface area contributed by atoms with E-state index in [-0.39, 0.29) is 0 Å². The van der Waals surface area contributed by atoms with Crippen LogP contribution in [0, 0.1) is 6.92 Å². The van der Waals surface area contributed by atoms with Crippen molar-refractivity contribution in [2.45, 2.75) is 51.7 Å². The standard InChI is InChI=1S/C19H28N6/c1-15-22-23-18(25(15)3)13-20-19(21-17-11-7-8-12-17)24(2)14-16-9-5-4-6-10-16/h4-6,9-10,17H,7-8,11-14H2,1-3H3,(H,20,21). The fraction of sp³-hybridized carbons (Fsp3) is 0.526. The summed E-state index contributed by atoms with van der Waals surface area (Å²) in [4.78, 5) is 7.03. The second-order valence-electron chi connectivity index (χ2n) is 6.83. The Bertz CT molecular complexity index is 700. The summed E-state index contributed by atoms with van der Waals surface area (Å²) in [7, 11) is 4.08. The summed E-state index contributed by atoms with van der Waals surface area (Å²) in [5.74, 6) is 2.74. The highest BCUT2D eigenvalue weighted by Crippen LogP contribution is 2.18. The number of hydrogen-bond donors (Lipinski definition) is 1. The largest absolute Gasteiger partial charge is 0.353 e. The highest BCUT2D eigenvalue weighted by atomic mass is 15.3. The summed E-state index contributed by atoms with van der Waals surface area (Å²) >= 11 is 0. The molecule has 2 aromatic rings. The van der Waals surface area contributed by atoms with Crippen LogP contribution in [0.5, 0.6) is 0 Å². The van der Waals surface area contributed by atoms with Gasteiger partial charge in [0.05, 0.1) is 0 Å². The van der Waals surface area contributed by atoms with Crippen LogP contribution in [0.2, 0.25) is 0 Å². The average molecular weight is 340 g/mol. The fourth-order valence-corrected chi connectivity index (χ4v) is 3.20. The molecule has 1 aliphatic rings. The Hall–Kier alpha value is -2.37. The molecule has 0 spiro atoms. The van der Waals surface area contributed by atoms with E-state index in [1.165, 1.54) is 31.2 Å². The summed E-state index contributed by atoms with van der Waals surface area (Å²) in [5, 5.41) is 12.0. The van der Waals surface area contributed by atoms with Crippen molar-refractivity contribution in [1.29, 1.82) is 0 Å². The van der Waals surface area contributed by atoms with Crippen molar-refractivity contribution in [3.8, 4) is 0 Å². The van der Waals surface area contributed by atoms with Gasteiger partial charge in [0.25, 0.3) is 0 Å². The number of rotatable bonds is 5. The highest BCUT2D eigenvalue weighted by molar-refractivity contribution is 5.80. The molecule has 25 heavy (non-hydrogen) atoms. The minimum Gasteiger partial charge on any atom is -0.353 e. The molecule has 0 unspecified atom stereocenters. The molecule has 0 aliphatic heterocycles. The normalized spacial score (nSPS) is 15.6. The summed E-state index contributed by atoms with van der Waals surface area (Å²) in [6.07, 6.45) is 5.05. The first-order chi connectivity index (χ1) is 12.1. The smallest absolute Gasteiger partial charge is 0.194 e. The lowest BCUT2D eigenvalue weighted by Crippen LogP contribution is -2.43. The molecular weight excluding hydrogens is 312 g/mol. The van der Waals surface area contributed by atoms with Crippen molar-refractivity contribution in [2.24, 2.45) is 12.0 Å². The van der Waals surface area contributed by atoms with E-state index in [2.05, 4.69) is 51.7 Å². The van der Waals surface area contributed by atoms with Crippen LogP contribution in [0.4, 0.5) is 0 Å². The maximum absolute atomic E-state index is 4.84. The molecule has 1 fully saturated rings. The second-order valence-corrected chi connectivity index (χ2v) is 6.83. The van der Waals surface area contributed by atoms with Crippen molar-refractivity contribution in [3.05, 3.63) is 47.5 Å². The first kappa shape index (κ1) is 17.5. The molecular formula is C19H28N6. The molecule has 6 heteroatoms.